The molecule has 21 heavy (non-hydrogen) atoms. The van der Waals surface area contributed by atoms with E-state index in [9.17, 15) is 0 Å². The number of pyridine rings is 1. The van der Waals surface area contributed by atoms with E-state index in [4.69, 9.17) is 10.5 Å². The topological polar surface area (TPSA) is 51.4 Å². The van der Waals surface area contributed by atoms with Crippen LogP contribution in [0.2, 0.25) is 0 Å². The van der Waals surface area contributed by atoms with Crippen LogP contribution in [0, 0.1) is 5.92 Å². The fraction of sp³-hybridized carbons (Fsp3) is 0.706. The summed E-state index contributed by atoms with van der Waals surface area (Å²) >= 11 is 0. The molecule has 0 bridgehead atoms. The Morgan fingerprint density at radius 3 is 2.52 bits per heavy atom. The molecule has 0 aromatic carbocycles. The fourth-order valence-electron chi connectivity index (χ4n) is 3.05. The first-order valence-corrected chi connectivity index (χ1v) is 7.96. The summed E-state index contributed by atoms with van der Waals surface area (Å²) in [4.78, 5) is 6.94. The molecule has 1 aliphatic carbocycles. The van der Waals surface area contributed by atoms with Gasteiger partial charge in [0.25, 0.3) is 0 Å². The van der Waals surface area contributed by atoms with Crippen LogP contribution in [0.1, 0.15) is 53.4 Å². The van der Waals surface area contributed by atoms with Gasteiger partial charge in [0.05, 0.1) is 5.69 Å². The van der Waals surface area contributed by atoms with Crippen LogP contribution in [-0.4, -0.2) is 23.7 Å². The molecule has 0 spiro atoms. The van der Waals surface area contributed by atoms with Crippen LogP contribution in [0.25, 0.3) is 0 Å². The monoisotopic (exact) mass is 291 g/mol. The van der Waals surface area contributed by atoms with E-state index in [0.29, 0.717) is 23.5 Å². The van der Waals surface area contributed by atoms with Crippen molar-refractivity contribution in [3.05, 3.63) is 12.1 Å². The van der Waals surface area contributed by atoms with Gasteiger partial charge in [-0.1, -0.05) is 19.8 Å². The lowest BCUT2D eigenvalue weighted by Gasteiger charge is -2.37. The van der Waals surface area contributed by atoms with Gasteiger partial charge in [-0.25, -0.2) is 0 Å². The number of ether oxygens (including phenoxy) is 1. The van der Waals surface area contributed by atoms with E-state index in [2.05, 4.69) is 23.9 Å². The molecule has 1 aliphatic rings. The average Bonchev–Trinajstić information content (AvgIpc) is 2.39. The third-order valence-corrected chi connectivity index (χ3v) is 4.20. The molecule has 2 rings (SSSR count). The van der Waals surface area contributed by atoms with Gasteiger partial charge in [-0.05, 0) is 51.7 Å². The summed E-state index contributed by atoms with van der Waals surface area (Å²) in [5, 5.41) is 0. The van der Waals surface area contributed by atoms with Crippen LogP contribution < -0.4 is 15.4 Å². The molecule has 1 saturated carbocycles. The standard InChI is InChI=1S/C17H29N3O/c1-12-8-6-7-9-14(12)20(5)15-11-10-13(18)16(19-15)21-17(2,3)4/h10-12,14H,6-9,18H2,1-5H3. The second kappa shape index (κ2) is 6.12. The van der Waals surface area contributed by atoms with Gasteiger partial charge in [-0.15, -0.1) is 0 Å². The van der Waals surface area contributed by atoms with Crippen molar-refractivity contribution in [1.29, 1.82) is 0 Å². The lowest BCUT2D eigenvalue weighted by atomic mass is 9.85. The van der Waals surface area contributed by atoms with Crippen LogP contribution >= 0.6 is 0 Å². The summed E-state index contributed by atoms with van der Waals surface area (Å²) in [5.74, 6) is 2.19. The Balaban J connectivity index is 2.21. The molecule has 2 atom stereocenters. The van der Waals surface area contributed by atoms with Crippen molar-refractivity contribution < 1.29 is 4.74 Å². The highest BCUT2D eigenvalue weighted by atomic mass is 16.5. The van der Waals surface area contributed by atoms with Crippen molar-refractivity contribution in [2.24, 2.45) is 5.92 Å². The molecule has 2 N–H and O–H groups in total. The molecular weight excluding hydrogens is 262 g/mol. The van der Waals surface area contributed by atoms with E-state index in [1.165, 1.54) is 25.7 Å². The quantitative estimate of drug-likeness (QED) is 0.919. The van der Waals surface area contributed by atoms with E-state index in [1.54, 1.807) is 0 Å². The highest BCUT2D eigenvalue weighted by Crippen LogP contribution is 2.32. The molecule has 1 aromatic heterocycles. The molecule has 1 aromatic rings. The third kappa shape index (κ3) is 4.02. The summed E-state index contributed by atoms with van der Waals surface area (Å²) in [6, 6.07) is 4.44. The van der Waals surface area contributed by atoms with Crippen molar-refractivity contribution in [2.75, 3.05) is 17.7 Å². The highest BCUT2D eigenvalue weighted by molar-refractivity contribution is 5.55. The Kier molecular flexibility index (Phi) is 4.64. The van der Waals surface area contributed by atoms with Crippen LogP contribution in [-0.2, 0) is 0 Å². The minimum absolute atomic E-state index is 0.295. The van der Waals surface area contributed by atoms with Gasteiger partial charge in [0.1, 0.15) is 11.4 Å². The Labute approximate surface area is 128 Å². The lowest BCUT2D eigenvalue weighted by molar-refractivity contribution is 0.125. The molecule has 2 unspecified atom stereocenters. The van der Waals surface area contributed by atoms with Gasteiger partial charge < -0.3 is 15.4 Å². The Bertz CT molecular complexity index is 481. The first-order chi connectivity index (χ1) is 9.78. The van der Waals surface area contributed by atoms with Gasteiger partial charge in [0, 0.05) is 13.1 Å². The number of hydrogen-bond donors (Lipinski definition) is 1. The van der Waals surface area contributed by atoms with E-state index in [1.807, 2.05) is 32.9 Å². The summed E-state index contributed by atoms with van der Waals surface area (Å²) < 4.78 is 5.87. The second-order valence-electron chi connectivity index (χ2n) is 7.22. The minimum atomic E-state index is -0.295. The van der Waals surface area contributed by atoms with Crippen molar-refractivity contribution in [3.8, 4) is 5.88 Å². The Morgan fingerprint density at radius 1 is 1.24 bits per heavy atom. The number of nitrogens with two attached hydrogens (primary N) is 1. The number of aromatic nitrogens is 1. The molecule has 1 fully saturated rings. The predicted molar refractivity (Wildman–Crippen MR) is 88.9 cm³/mol. The molecule has 118 valence electrons. The van der Waals surface area contributed by atoms with Crippen molar-refractivity contribution in [3.63, 3.8) is 0 Å². The Morgan fingerprint density at radius 2 is 1.90 bits per heavy atom. The number of anilines is 2. The maximum absolute atomic E-state index is 6.00. The second-order valence-corrected chi connectivity index (χ2v) is 7.22. The van der Waals surface area contributed by atoms with Crippen molar-refractivity contribution in [2.45, 2.75) is 65.0 Å². The zero-order chi connectivity index (χ0) is 15.6. The molecule has 0 radical (unpaired) electrons. The third-order valence-electron chi connectivity index (χ3n) is 4.20. The average molecular weight is 291 g/mol. The van der Waals surface area contributed by atoms with Crippen LogP contribution in [0.4, 0.5) is 11.5 Å². The zero-order valence-corrected chi connectivity index (χ0v) is 14.0. The van der Waals surface area contributed by atoms with Gasteiger partial charge in [-0.2, -0.15) is 4.98 Å². The smallest absolute Gasteiger partial charge is 0.239 e. The number of nitrogens with zero attached hydrogens (tertiary/aromatic N) is 2. The molecule has 0 aliphatic heterocycles. The van der Waals surface area contributed by atoms with Gasteiger partial charge in [0.2, 0.25) is 5.88 Å². The number of rotatable bonds is 3. The van der Waals surface area contributed by atoms with Gasteiger partial charge in [-0.3, -0.25) is 0 Å². The SMILES string of the molecule is CC1CCCCC1N(C)c1ccc(N)c(OC(C)(C)C)n1. The molecule has 4 nitrogen and oxygen atoms in total. The maximum Gasteiger partial charge on any atom is 0.239 e. The minimum Gasteiger partial charge on any atom is -0.470 e. The molecule has 4 heteroatoms. The van der Waals surface area contributed by atoms with Crippen LogP contribution in [0.15, 0.2) is 12.1 Å². The summed E-state index contributed by atoms with van der Waals surface area (Å²) in [5.41, 5.74) is 6.30. The first kappa shape index (κ1) is 15.9. The maximum atomic E-state index is 6.00. The number of nitrogen functional groups attached to an aromatic ring is 1. The van der Waals surface area contributed by atoms with Crippen molar-refractivity contribution >= 4 is 11.5 Å². The predicted octanol–water partition coefficient (Wildman–Crippen LogP) is 3.86. The molecular formula is C17H29N3O. The molecule has 0 saturated heterocycles. The largest absolute Gasteiger partial charge is 0.470 e. The molecule has 1 heterocycles. The van der Waals surface area contributed by atoms with E-state index in [-0.39, 0.29) is 5.60 Å². The highest BCUT2D eigenvalue weighted by Gasteiger charge is 2.26. The van der Waals surface area contributed by atoms with E-state index < -0.39 is 0 Å². The van der Waals surface area contributed by atoms with Gasteiger partial charge in [0.15, 0.2) is 0 Å². The zero-order valence-electron chi connectivity index (χ0n) is 14.0. The number of hydrogen-bond acceptors (Lipinski definition) is 4. The molecule has 0 amide bonds. The summed E-state index contributed by atoms with van der Waals surface area (Å²) in [6.45, 7) is 8.36. The summed E-state index contributed by atoms with van der Waals surface area (Å²) in [7, 11) is 2.13. The van der Waals surface area contributed by atoms with Crippen LogP contribution in [0.3, 0.4) is 0 Å². The Hall–Kier alpha value is -1.45. The van der Waals surface area contributed by atoms with Gasteiger partial charge >= 0.3 is 0 Å². The first-order valence-electron chi connectivity index (χ1n) is 7.96. The lowest BCUT2D eigenvalue weighted by Crippen LogP contribution is -2.39. The van der Waals surface area contributed by atoms with E-state index in [0.717, 1.165) is 5.82 Å². The normalized spacial score (nSPS) is 22.9. The fourth-order valence-corrected chi connectivity index (χ4v) is 3.05. The van der Waals surface area contributed by atoms with Crippen molar-refractivity contribution in [1.82, 2.24) is 4.98 Å². The van der Waals surface area contributed by atoms with E-state index >= 15 is 0 Å². The van der Waals surface area contributed by atoms with Crippen LogP contribution in [0.5, 0.6) is 5.88 Å². The summed E-state index contributed by atoms with van der Waals surface area (Å²) in [6.07, 6.45) is 5.19.